The zero-order valence-electron chi connectivity index (χ0n) is 19.7. The highest BCUT2D eigenvalue weighted by molar-refractivity contribution is 6.14. The first kappa shape index (κ1) is 26.9. The van der Waals surface area contributed by atoms with E-state index >= 15 is 0 Å². The van der Waals surface area contributed by atoms with Crippen LogP contribution in [0.3, 0.4) is 0 Å². The predicted molar refractivity (Wildman–Crippen MR) is 131 cm³/mol. The van der Waals surface area contributed by atoms with E-state index in [1.165, 1.54) is 0 Å². The molecule has 14 heteroatoms. The summed E-state index contributed by atoms with van der Waals surface area (Å²) < 4.78 is 0. The van der Waals surface area contributed by atoms with Gasteiger partial charge in [-0.2, -0.15) is 0 Å². The molecule has 40 heavy (non-hydrogen) atoms. The molecule has 0 unspecified atom stereocenters. The molecule has 0 aliphatic heterocycles. The fraction of sp³-hybridized carbons (Fsp3) is 0. The first-order valence-corrected chi connectivity index (χ1v) is 10.8. The average molecular weight is 554 g/mol. The maximum absolute atomic E-state index is 13.1. The van der Waals surface area contributed by atoms with Gasteiger partial charge in [0.15, 0.2) is 34.5 Å². The van der Waals surface area contributed by atoms with Crippen LogP contribution in [0.25, 0.3) is 0 Å². The van der Waals surface area contributed by atoms with Crippen LogP contribution in [0.5, 0.6) is 69.0 Å². The highest BCUT2D eigenvalue weighted by Gasteiger charge is 2.27. The molecule has 10 N–H and O–H groups in total. The smallest absolute Gasteiger partial charge is 0.231 e. The van der Waals surface area contributed by atoms with Crippen LogP contribution in [-0.2, 0) is 0 Å². The van der Waals surface area contributed by atoms with E-state index in [1.807, 2.05) is 0 Å². The Balaban J connectivity index is 1.71. The second-order valence-electron chi connectivity index (χ2n) is 8.16. The SMILES string of the molecule is O=C(c1cc(OOc2c(O)cc(O)cc2C(=O)c2ccc(O)c(O)c2O)c(O)cc1O)c1ccc(O)c(O)c1O. The summed E-state index contributed by atoms with van der Waals surface area (Å²) in [7, 11) is 0. The van der Waals surface area contributed by atoms with Crippen LogP contribution >= 0.6 is 0 Å². The van der Waals surface area contributed by atoms with E-state index in [2.05, 4.69) is 0 Å². The van der Waals surface area contributed by atoms with Gasteiger partial charge in [-0.3, -0.25) is 19.4 Å². The maximum Gasteiger partial charge on any atom is 0.231 e. The van der Waals surface area contributed by atoms with E-state index in [9.17, 15) is 60.7 Å². The third-order valence-electron chi connectivity index (χ3n) is 5.58. The molecular weight excluding hydrogens is 536 g/mol. The van der Waals surface area contributed by atoms with E-state index in [1.54, 1.807) is 0 Å². The minimum atomic E-state index is -1.13. The Morgan fingerprint density at radius 1 is 0.450 bits per heavy atom. The lowest BCUT2D eigenvalue weighted by atomic mass is 10.00. The normalized spacial score (nSPS) is 10.7. The minimum absolute atomic E-state index is 0.552. The molecule has 0 bridgehead atoms. The fourth-order valence-electron chi connectivity index (χ4n) is 3.54. The molecule has 0 aliphatic rings. The van der Waals surface area contributed by atoms with Crippen LogP contribution in [0, 0.1) is 0 Å². The fourth-order valence-corrected chi connectivity index (χ4v) is 3.54. The van der Waals surface area contributed by atoms with Gasteiger partial charge in [0.2, 0.25) is 34.6 Å². The van der Waals surface area contributed by atoms with Crippen molar-refractivity contribution in [2.75, 3.05) is 0 Å². The van der Waals surface area contributed by atoms with Crippen molar-refractivity contribution in [2.24, 2.45) is 0 Å². The quantitative estimate of drug-likeness (QED) is 0.0682. The zero-order valence-corrected chi connectivity index (χ0v) is 19.7. The number of phenolic OH excluding ortho intramolecular Hbond substituents is 10. The first-order chi connectivity index (χ1) is 18.8. The lowest BCUT2D eigenvalue weighted by Gasteiger charge is -2.14. The standard InChI is InChI=1S/C26H18O14/c27-9-5-13(21(34)11-2-4-15(29)25(38)23(11)36)26(18(32)6-9)40-39-19-7-12(16(30)8-17(19)31)20(33)10-1-3-14(28)24(37)22(10)35/h1-8,27-32,35-38H. The van der Waals surface area contributed by atoms with Gasteiger partial charge in [-0.25, -0.2) is 0 Å². The third-order valence-corrected chi connectivity index (χ3v) is 5.58. The average Bonchev–Trinajstić information content (AvgIpc) is 2.90. The zero-order chi connectivity index (χ0) is 29.5. The maximum atomic E-state index is 13.1. The summed E-state index contributed by atoms with van der Waals surface area (Å²) in [6.45, 7) is 0. The number of ketones is 2. The van der Waals surface area contributed by atoms with Crippen LogP contribution < -0.4 is 9.78 Å². The lowest BCUT2D eigenvalue weighted by Crippen LogP contribution is -2.09. The van der Waals surface area contributed by atoms with Gasteiger partial charge in [-0.15, -0.1) is 0 Å². The van der Waals surface area contributed by atoms with E-state index in [0.717, 1.165) is 42.5 Å². The molecular formula is C26H18O14. The molecule has 0 saturated carbocycles. The van der Waals surface area contributed by atoms with Gasteiger partial charge in [0.05, 0.1) is 22.3 Å². The Morgan fingerprint density at radius 3 is 1.52 bits per heavy atom. The predicted octanol–water partition coefficient (Wildman–Crippen LogP) is 2.58. The van der Waals surface area contributed by atoms with E-state index in [4.69, 9.17) is 9.78 Å². The molecule has 0 amide bonds. The molecule has 4 aromatic rings. The topological polar surface area (TPSA) is 255 Å². The van der Waals surface area contributed by atoms with E-state index in [-0.39, 0.29) is 0 Å². The van der Waals surface area contributed by atoms with Crippen molar-refractivity contribution in [3.8, 4) is 69.0 Å². The number of aromatic hydroxyl groups is 10. The third kappa shape index (κ3) is 4.63. The molecule has 0 spiro atoms. The van der Waals surface area contributed by atoms with Crippen molar-refractivity contribution < 1.29 is 70.4 Å². The van der Waals surface area contributed by atoms with Gasteiger partial charge in [0, 0.05) is 18.2 Å². The van der Waals surface area contributed by atoms with Crippen molar-refractivity contribution in [1.82, 2.24) is 0 Å². The number of phenols is 10. The summed E-state index contributed by atoms with van der Waals surface area (Å²) >= 11 is 0. The van der Waals surface area contributed by atoms with Gasteiger partial charge >= 0.3 is 0 Å². The monoisotopic (exact) mass is 554 g/mol. The molecule has 14 nitrogen and oxygen atoms in total. The highest BCUT2D eigenvalue weighted by atomic mass is 17.2. The summed E-state index contributed by atoms with van der Waals surface area (Å²) in [5.41, 5.74) is -2.35. The number of carbonyl (C=O) groups is 2. The summed E-state index contributed by atoms with van der Waals surface area (Å²) in [6, 6.07) is 6.61. The number of rotatable bonds is 7. The number of hydrogen-bond donors (Lipinski definition) is 10. The first-order valence-electron chi connectivity index (χ1n) is 10.8. The van der Waals surface area contributed by atoms with E-state index in [0.29, 0.717) is 6.07 Å². The van der Waals surface area contributed by atoms with Gasteiger partial charge < -0.3 is 51.1 Å². The summed E-state index contributed by atoms with van der Waals surface area (Å²) in [5.74, 6) is -12.3. The Morgan fingerprint density at radius 2 is 0.975 bits per heavy atom. The molecule has 0 radical (unpaired) electrons. The molecule has 0 saturated heterocycles. The molecule has 4 aromatic carbocycles. The summed E-state index contributed by atoms with van der Waals surface area (Å²) in [4.78, 5) is 36.0. The lowest BCUT2D eigenvalue weighted by molar-refractivity contribution is -0.104. The summed E-state index contributed by atoms with van der Waals surface area (Å²) in [6.07, 6.45) is 0. The molecule has 0 atom stereocenters. The number of carbonyl (C=O) groups excluding carboxylic acids is 2. The second kappa shape index (κ2) is 9.94. The van der Waals surface area contributed by atoms with Crippen LogP contribution in [0.15, 0.2) is 48.5 Å². The molecule has 4 rings (SSSR count). The molecule has 0 aliphatic carbocycles. The van der Waals surface area contributed by atoms with Crippen LogP contribution in [-0.4, -0.2) is 62.6 Å². The Bertz CT molecular complexity index is 1690. The summed E-state index contributed by atoms with van der Waals surface area (Å²) in [5, 5.41) is 99.1. The molecule has 206 valence electrons. The van der Waals surface area contributed by atoms with Gasteiger partial charge in [0.1, 0.15) is 11.5 Å². The van der Waals surface area contributed by atoms with Crippen LogP contribution in [0.2, 0.25) is 0 Å². The van der Waals surface area contributed by atoms with Gasteiger partial charge in [-0.1, -0.05) is 0 Å². The van der Waals surface area contributed by atoms with E-state index < -0.39 is 103 Å². The molecule has 0 aromatic heterocycles. The number of benzene rings is 4. The molecule has 0 heterocycles. The van der Waals surface area contributed by atoms with Crippen molar-refractivity contribution >= 4 is 11.6 Å². The van der Waals surface area contributed by atoms with Gasteiger partial charge in [0.25, 0.3) is 0 Å². The Hall–Kier alpha value is -6.18. The number of hydrogen-bond acceptors (Lipinski definition) is 14. The largest absolute Gasteiger partial charge is 0.508 e. The molecule has 0 fully saturated rings. The van der Waals surface area contributed by atoms with Crippen LogP contribution in [0.1, 0.15) is 31.8 Å². The van der Waals surface area contributed by atoms with Gasteiger partial charge in [-0.05, 0) is 30.3 Å². The van der Waals surface area contributed by atoms with Crippen molar-refractivity contribution in [2.45, 2.75) is 0 Å². The Labute approximate surface area is 222 Å². The van der Waals surface area contributed by atoms with Crippen molar-refractivity contribution in [1.29, 1.82) is 0 Å². The minimum Gasteiger partial charge on any atom is -0.508 e. The van der Waals surface area contributed by atoms with Crippen molar-refractivity contribution in [3.05, 3.63) is 70.8 Å². The van der Waals surface area contributed by atoms with Crippen LogP contribution in [0.4, 0.5) is 0 Å². The highest BCUT2D eigenvalue weighted by Crippen LogP contribution is 2.43. The van der Waals surface area contributed by atoms with Crippen molar-refractivity contribution in [3.63, 3.8) is 0 Å². The Kier molecular flexibility index (Phi) is 6.68. The second-order valence-corrected chi connectivity index (χ2v) is 8.16.